The highest BCUT2D eigenvalue weighted by Crippen LogP contribution is 2.69. The number of methoxy groups -OCH3 is 1. The van der Waals surface area contributed by atoms with E-state index in [2.05, 4.69) is 36.4 Å². The molecule has 0 amide bonds. The molecule has 274 valence electrons. The number of rotatable bonds is 11. The summed E-state index contributed by atoms with van der Waals surface area (Å²) in [5, 5.41) is 9.15. The molecule has 3 unspecified atom stereocenters. The molecule has 11 atom stereocenters. The second-order valence-electron chi connectivity index (χ2n) is 16.2. The van der Waals surface area contributed by atoms with Gasteiger partial charge in [-0.15, -0.1) is 0 Å². The third-order valence-electron chi connectivity index (χ3n) is 13.7. The van der Waals surface area contributed by atoms with Gasteiger partial charge >= 0.3 is 17.9 Å². The van der Waals surface area contributed by atoms with Crippen molar-refractivity contribution in [1.82, 2.24) is 10.3 Å². The SMILES string of the molecule is COC(=O)CC[C@@H](C)[C@H]1CCC2C3C(C[C@H](OC(C)=O)[C@@]21C)[C@@]1(C)CC[C@@H](NCCNc2ccnc4cc(Cl)ccc24)C[C@H]1C[C@H]3OC(C)=O. The van der Waals surface area contributed by atoms with Gasteiger partial charge in [0.05, 0.1) is 12.6 Å². The predicted octanol–water partition coefficient (Wildman–Crippen LogP) is 7.59. The average molecular weight is 710 g/mol. The van der Waals surface area contributed by atoms with Crippen molar-refractivity contribution in [2.75, 3.05) is 25.5 Å². The lowest BCUT2D eigenvalue weighted by atomic mass is 9.43. The third kappa shape index (κ3) is 7.10. The Morgan fingerprint density at radius 1 is 1.00 bits per heavy atom. The Morgan fingerprint density at radius 3 is 2.52 bits per heavy atom. The number of ether oxygens (including phenoxy) is 3. The van der Waals surface area contributed by atoms with E-state index in [9.17, 15) is 14.4 Å². The zero-order chi connectivity index (χ0) is 35.8. The molecule has 0 bridgehead atoms. The fourth-order valence-electron chi connectivity index (χ4n) is 11.4. The van der Waals surface area contributed by atoms with Crippen LogP contribution in [0, 0.1) is 46.3 Å². The Hall–Kier alpha value is -2.91. The normalized spacial score (nSPS) is 35.3. The number of nitrogens with one attached hydrogen (secondary N) is 2. The first-order valence-corrected chi connectivity index (χ1v) is 19.2. The van der Waals surface area contributed by atoms with Gasteiger partial charge in [-0.1, -0.05) is 32.4 Å². The molecule has 4 aliphatic rings. The smallest absolute Gasteiger partial charge is 0.305 e. The number of halogens is 1. The van der Waals surface area contributed by atoms with Gasteiger partial charge < -0.3 is 24.8 Å². The predicted molar refractivity (Wildman–Crippen MR) is 195 cm³/mol. The van der Waals surface area contributed by atoms with E-state index in [4.69, 9.17) is 25.8 Å². The molecule has 2 N–H and O–H groups in total. The monoisotopic (exact) mass is 709 g/mol. The number of esters is 3. The number of hydrogen-bond acceptors (Lipinski definition) is 9. The zero-order valence-corrected chi connectivity index (χ0v) is 31.4. The maximum atomic E-state index is 12.7. The Morgan fingerprint density at radius 2 is 1.78 bits per heavy atom. The summed E-state index contributed by atoms with van der Waals surface area (Å²) >= 11 is 6.18. The van der Waals surface area contributed by atoms with Crippen molar-refractivity contribution in [3.8, 4) is 0 Å². The molecular formula is C40H56ClN3O6. The summed E-state index contributed by atoms with van der Waals surface area (Å²) in [5.74, 6) is 1.08. The molecule has 0 spiro atoms. The Labute approximate surface area is 302 Å². The highest BCUT2D eigenvalue weighted by Gasteiger charge is 2.67. The van der Waals surface area contributed by atoms with Gasteiger partial charge in [-0.3, -0.25) is 19.4 Å². The fraction of sp³-hybridized carbons (Fsp3) is 0.700. The first-order chi connectivity index (χ1) is 23.8. The van der Waals surface area contributed by atoms with Crippen LogP contribution in [0.1, 0.15) is 92.4 Å². The summed E-state index contributed by atoms with van der Waals surface area (Å²) in [7, 11) is 1.44. The number of pyridine rings is 1. The summed E-state index contributed by atoms with van der Waals surface area (Å²) in [5.41, 5.74) is 1.72. The summed E-state index contributed by atoms with van der Waals surface area (Å²) in [4.78, 5) is 41.8. The molecule has 0 radical (unpaired) electrons. The van der Waals surface area contributed by atoms with Crippen molar-refractivity contribution in [3.05, 3.63) is 35.5 Å². The van der Waals surface area contributed by atoms with Crippen LogP contribution in [-0.4, -0.2) is 61.3 Å². The Bertz CT molecular complexity index is 1570. The van der Waals surface area contributed by atoms with Crippen LogP contribution in [0.15, 0.2) is 30.5 Å². The number of anilines is 1. The van der Waals surface area contributed by atoms with Gasteiger partial charge in [-0.05, 0) is 111 Å². The van der Waals surface area contributed by atoms with Crippen molar-refractivity contribution in [1.29, 1.82) is 0 Å². The minimum absolute atomic E-state index is 0.0588. The van der Waals surface area contributed by atoms with Crippen molar-refractivity contribution in [3.63, 3.8) is 0 Å². The van der Waals surface area contributed by atoms with Crippen LogP contribution in [-0.2, 0) is 28.6 Å². The number of carbonyl (C=O) groups is 3. The highest BCUT2D eigenvalue weighted by atomic mass is 35.5. The molecule has 1 aromatic heterocycles. The number of hydrogen-bond donors (Lipinski definition) is 2. The summed E-state index contributed by atoms with van der Waals surface area (Å²) in [6.45, 7) is 11.7. The van der Waals surface area contributed by atoms with Crippen molar-refractivity contribution in [2.45, 2.75) is 111 Å². The molecule has 4 fully saturated rings. The average Bonchev–Trinajstić information content (AvgIpc) is 3.43. The van der Waals surface area contributed by atoms with Gasteiger partial charge in [-0.2, -0.15) is 0 Å². The number of fused-ring (bicyclic) bond motifs is 6. The first kappa shape index (κ1) is 36.9. The van der Waals surface area contributed by atoms with Crippen LogP contribution in [0.4, 0.5) is 5.69 Å². The van der Waals surface area contributed by atoms with Crippen LogP contribution in [0.5, 0.6) is 0 Å². The van der Waals surface area contributed by atoms with E-state index < -0.39 is 0 Å². The van der Waals surface area contributed by atoms with Gasteiger partial charge in [0.15, 0.2) is 0 Å². The standard InChI is InChI=1S/C40H56ClN3O6/c1-23(7-12-37(47)48-6)30-10-11-31-38-32(22-36(40(30,31)5)50-25(3)46)39(4)15-13-28(19-26(39)20-35(38)49-24(2)45)42-17-18-44-33-14-16-43-34-21-27(41)8-9-29(33)34/h8-9,14,16,21,23,26,28,30-32,35-36,38,42H,7,10-13,15,17-20,22H2,1-6H3,(H,43,44)/t23-,26+,28-,30-,31?,32?,35-,36+,38?,39+,40-/m1/s1. The van der Waals surface area contributed by atoms with Crippen molar-refractivity contribution < 1.29 is 28.6 Å². The highest BCUT2D eigenvalue weighted by molar-refractivity contribution is 6.31. The van der Waals surface area contributed by atoms with Crippen molar-refractivity contribution in [2.24, 2.45) is 46.3 Å². The Balaban J connectivity index is 1.17. The fourth-order valence-corrected chi connectivity index (χ4v) is 11.6. The largest absolute Gasteiger partial charge is 0.469 e. The third-order valence-corrected chi connectivity index (χ3v) is 14.0. The van der Waals surface area contributed by atoms with E-state index in [-0.39, 0.29) is 64.6 Å². The van der Waals surface area contributed by atoms with Crippen LogP contribution in [0.2, 0.25) is 5.02 Å². The Kier molecular flexibility index (Phi) is 11.0. The van der Waals surface area contributed by atoms with Gasteiger partial charge in [0, 0.05) is 73.0 Å². The van der Waals surface area contributed by atoms with Gasteiger partial charge in [-0.25, -0.2) is 0 Å². The quantitative estimate of drug-likeness (QED) is 0.138. The molecule has 50 heavy (non-hydrogen) atoms. The van der Waals surface area contributed by atoms with E-state index in [1.165, 1.54) is 21.0 Å². The van der Waals surface area contributed by atoms with Crippen LogP contribution in [0.25, 0.3) is 10.9 Å². The minimum atomic E-state index is -0.262. The molecular weight excluding hydrogens is 654 g/mol. The van der Waals surface area contributed by atoms with Crippen molar-refractivity contribution >= 4 is 46.1 Å². The van der Waals surface area contributed by atoms with E-state index >= 15 is 0 Å². The van der Waals surface area contributed by atoms with Gasteiger partial charge in [0.25, 0.3) is 0 Å². The maximum absolute atomic E-state index is 12.7. The van der Waals surface area contributed by atoms with Crippen LogP contribution < -0.4 is 10.6 Å². The zero-order valence-electron chi connectivity index (χ0n) is 30.6. The van der Waals surface area contributed by atoms with Crippen LogP contribution >= 0.6 is 11.6 Å². The number of aromatic nitrogens is 1. The molecule has 6 rings (SSSR count). The van der Waals surface area contributed by atoms with E-state index in [0.717, 1.165) is 81.0 Å². The second-order valence-corrected chi connectivity index (χ2v) is 16.7. The maximum Gasteiger partial charge on any atom is 0.305 e. The molecule has 4 saturated carbocycles. The molecule has 9 nitrogen and oxygen atoms in total. The van der Waals surface area contributed by atoms with E-state index in [1.807, 2.05) is 30.5 Å². The minimum Gasteiger partial charge on any atom is -0.469 e. The summed E-state index contributed by atoms with van der Waals surface area (Å²) < 4.78 is 17.6. The number of nitrogens with zero attached hydrogens (tertiary/aromatic N) is 1. The molecule has 4 aliphatic carbocycles. The molecule has 1 heterocycles. The molecule has 1 aromatic carbocycles. The lowest BCUT2D eigenvalue weighted by Crippen LogP contribution is -2.64. The molecule has 2 aromatic rings. The lowest BCUT2D eigenvalue weighted by molar-refractivity contribution is -0.220. The van der Waals surface area contributed by atoms with Crippen LogP contribution in [0.3, 0.4) is 0 Å². The van der Waals surface area contributed by atoms with E-state index in [0.29, 0.717) is 29.3 Å². The van der Waals surface area contributed by atoms with E-state index in [1.54, 1.807) is 0 Å². The van der Waals surface area contributed by atoms with Gasteiger partial charge in [0.1, 0.15) is 12.2 Å². The number of carbonyl (C=O) groups excluding carboxylic acids is 3. The molecule has 0 saturated heterocycles. The number of benzene rings is 1. The first-order valence-electron chi connectivity index (χ1n) is 18.8. The summed E-state index contributed by atoms with van der Waals surface area (Å²) in [6.07, 6.45) is 9.44. The molecule has 0 aliphatic heterocycles. The molecule has 10 heteroatoms. The lowest BCUT2D eigenvalue weighted by Gasteiger charge is -2.64. The van der Waals surface area contributed by atoms with Gasteiger partial charge in [0.2, 0.25) is 0 Å². The summed E-state index contributed by atoms with van der Waals surface area (Å²) in [6, 6.07) is 8.17. The topological polar surface area (TPSA) is 116 Å². The second kappa shape index (κ2) is 15.0.